The summed E-state index contributed by atoms with van der Waals surface area (Å²) in [6, 6.07) is 1.75. The van der Waals surface area contributed by atoms with Gasteiger partial charge in [0.1, 0.15) is 17.2 Å². The standard InChI is InChI=1S/C21H24ClF5/c22-10-9-13-1-3-14(4-2-13)15-5-7-16(8-6-15)17-11-18(23)20(19(24)12-17)21(25,26)27/h9-16H,1-8H2/b10-9+/t13-,14-,15?,16?. The van der Waals surface area contributed by atoms with Crippen LogP contribution in [0.5, 0.6) is 0 Å². The van der Waals surface area contributed by atoms with Gasteiger partial charge in [-0.2, -0.15) is 13.2 Å². The lowest BCUT2D eigenvalue weighted by Gasteiger charge is -2.37. The maximum Gasteiger partial charge on any atom is 0.422 e. The van der Waals surface area contributed by atoms with Crippen molar-refractivity contribution in [1.82, 2.24) is 0 Å². The van der Waals surface area contributed by atoms with Gasteiger partial charge in [-0.15, -0.1) is 0 Å². The van der Waals surface area contributed by atoms with E-state index in [9.17, 15) is 22.0 Å². The number of halogens is 6. The average Bonchev–Trinajstić information content (AvgIpc) is 2.61. The van der Waals surface area contributed by atoms with E-state index in [1.807, 2.05) is 0 Å². The Morgan fingerprint density at radius 1 is 0.815 bits per heavy atom. The fourth-order valence-corrected chi connectivity index (χ4v) is 5.14. The first-order valence-electron chi connectivity index (χ1n) is 9.62. The molecule has 0 spiro atoms. The minimum Gasteiger partial charge on any atom is -0.206 e. The molecule has 0 nitrogen and oxygen atoms in total. The summed E-state index contributed by atoms with van der Waals surface area (Å²) in [4.78, 5) is 0. The van der Waals surface area contributed by atoms with Gasteiger partial charge in [-0.1, -0.05) is 17.7 Å². The molecular weight excluding hydrogens is 383 g/mol. The van der Waals surface area contributed by atoms with Crippen LogP contribution in [0.2, 0.25) is 0 Å². The lowest BCUT2D eigenvalue weighted by Crippen LogP contribution is -2.25. The van der Waals surface area contributed by atoms with Gasteiger partial charge in [0.25, 0.3) is 0 Å². The molecule has 150 valence electrons. The Balaban J connectivity index is 1.60. The molecule has 0 bridgehead atoms. The molecule has 0 heterocycles. The van der Waals surface area contributed by atoms with Gasteiger partial charge < -0.3 is 0 Å². The van der Waals surface area contributed by atoms with Gasteiger partial charge in [0, 0.05) is 5.54 Å². The molecule has 0 amide bonds. The van der Waals surface area contributed by atoms with Crippen LogP contribution in [0.4, 0.5) is 22.0 Å². The van der Waals surface area contributed by atoms with Gasteiger partial charge in [-0.3, -0.25) is 0 Å². The number of benzene rings is 1. The Labute approximate surface area is 161 Å². The van der Waals surface area contributed by atoms with E-state index in [1.54, 1.807) is 5.54 Å². The SMILES string of the molecule is Fc1cc(C2CCC([C@H]3CC[C@H](/C=C/Cl)CC3)CC2)cc(F)c1C(F)(F)F. The first-order valence-corrected chi connectivity index (χ1v) is 10.1. The summed E-state index contributed by atoms with van der Waals surface area (Å²) in [5.41, 5.74) is 0.161. The molecule has 0 atom stereocenters. The highest BCUT2D eigenvalue weighted by atomic mass is 35.5. The molecule has 0 unspecified atom stereocenters. The molecule has 1 aromatic carbocycles. The fraction of sp³-hybridized carbons (Fsp3) is 0.619. The molecule has 6 heteroatoms. The number of hydrogen-bond acceptors (Lipinski definition) is 0. The van der Waals surface area contributed by atoms with Gasteiger partial charge in [0.15, 0.2) is 0 Å². The molecule has 0 saturated heterocycles. The van der Waals surface area contributed by atoms with Gasteiger partial charge in [0.05, 0.1) is 0 Å². The summed E-state index contributed by atoms with van der Waals surface area (Å²) in [6.07, 6.45) is 5.16. The maximum atomic E-state index is 13.9. The van der Waals surface area contributed by atoms with Crippen molar-refractivity contribution < 1.29 is 22.0 Å². The first kappa shape index (κ1) is 20.6. The minimum absolute atomic E-state index is 0.0666. The van der Waals surface area contributed by atoms with Crippen LogP contribution in [0.15, 0.2) is 23.7 Å². The van der Waals surface area contributed by atoms with E-state index in [0.717, 1.165) is 50.7 Å². The minimum atomic E-state index is -5.01. The van der Waals surface area contributed by atoms with Crippen molar-refractivity contribution in [3.05, 3.63) is 46.5 Å². The Morgan fingerprint density at radius 3 is 1.74 bits per heavy atom. The fourth-order valence-electron chi connectivity index (χ4n) is 4.93. The van der Waals surface area contributed by atoms with Crippen molar-refractivity contribution in [2.45, 2.75) is 63.5 Å². The second-order valence-corrected chi connectivity index (χ2v) is 8.21. The summed E-state index contributed by atoms with van der Waals surface area (Å²) in [6.45, 7) is 0. The third-order valence-corrected chi connectivity index (χ3v) is 6.56. The number of alkyl halides is 3. The number of rotatable bonds is 3. The van der Waals surface area contributed by atoms with E-state index < -0.39 is 23.4 Å². The summed E-state index contributed by atoms with van der Waals surface area (Å²) in [5.74, 6) is -1.25. The zero-order valence-corrected chi connectivity index (χ0v) is 15.8. The van der Waals surface area contributed by atoms with Gasteiger partial charge in [-0.25, -0.2) is 8.78 Å². The maximum absolute atomic E-state index is 13.9. The lowest BCUT2D eigenvalue weighted by molar-refractivity contribution is -0.142. The normalized spacial score (nSPS) is 30.0. The lowest BCUT2D eigenvalue weighted by atomic mass is 9.68. The van der Waals surface area contributed by atoms with Gasteiger partial charge >= 0.3 is 6.18 Å². The Morgan fingerprint density at radius 2 is 1.30 bits per heavy atom. The smallest absolute Gasteiger partial charge is 0.206 e. The van der Waals surface area contributed by atoms with Gasteiger partial charge in [-0.05, 0) is 92.7 Å². The summed E-state index contributed by atoms with van der Waals surface area (Å²) in [7, 11) is 0. The first-order chi connectivity index (χ1) is 12.8. The topological polar surface area (TPSA) is 0 Å². The highest BCUT2D eigenvalue weighted by Crippen LogP contribution is 2.45. The second kappa shape index (κ2) is 8.50. The van der Waals surface area contributed by atoms with E-state index in [-0.39, 0.29) is 5.92 Å². The van der Waals surface area contributed by atoms with Crippen molar-refractivity contribution in [3.63, 3.8) is 0 Å². The molecule has 2 aliphatic rings. The monoisotopic (exact) mass is 406 g/mol. The quantitative estimate of drug-likeness (QED) is 0.449. The van der Waals surface area contributed by atoms with Crippen LogP contribution in [0.1, 0.15) is 68.4 Å². The molecule has 0 radical (unpaired) electrons. The van der Waals surface area contributed by atoms with Crippen LogP contribution in [0.3, 0.4) is 0 Å². The summed E-state index contributed by atoms with van der Waals surface area (Å²) >= 11 is 5.65. The van der Waals surface area contributed by atoms with Crippen LogP contribution < -0.4 is 0 Å². The Kier molecular flexibility index (Phi) is 6.50. The average molecular weight is 407 g/mol. The molecule has 3 rings (SSSR count). The summed E-state index contributed by atoms with van der Waals surface area (Å²) in [5, 5.41) is 0. The van der Waals surface area contributed by atoms with E-state index in [4.69, 9.17) is 11.6 Å². The van der Waals surface area contributed by atoms with Crippen molar-refractivity contribution in [2.24, 2.45) is 17.8 Å². The predicted molar refractivity (Wildman–Crippen MR) is 96.5 cm³/mol. The Bertz CT molecular complexity index is 643. The highest BCUT2D eigenvalue weighted by Gasteiger charge is 2.38. The third-order valence-electron chi connectivity index (χ3n) is 6.42. The van der Waals surface area contributed by atoms with Crippen molar-refractivity contribution >= 4 is 11.6 Å². The zero-order chi connectivity index (χ0) is 19.6. The molecular formula is C21H24ClF5. The predicted octanol–water partition coefficient (Wildman–Crippen LogP) is 7.82. The van der Waals surface area contributed by atoms with Crippen LogP contribution >= 0.6 is 11.6 Å². The van der Waals surface area contributed by atoms with Crippen LogP contribution in [0.25, 0.3) is 0 Å². The molecule has 0 aliphatic heterocycles. The van der Waals surface area contributed by atoms with E-state index >= 15 is 0 Å². The molecule has 2 aliphatic carbocycles. The van der Waals surface area contributed by atoms with Crippen molar-refractivity contribution in [2.75, 3.05) is 0 Å². The molecule has 27 heavy (non-hydrogen) atoms. The van der Waals surface area contributed by atoms with E-state index in [0.29, 0.717) is 23.3 Å². The summed E-state index contributed by atoms with van der Waals surface area (Å²) < 4.78 is 65.9. The third kappa shape index (κ3) is 4.85. The highest BCUT2D eigenvalue weighted by molar-refractivity contribution is 6.25. The van der Waals surface area contributed by atoms with Crippen LogP contribution in [-0.4, -0.2) is 0 Å². The van der Waals surface area contributed by atoms with E-state index in [1.165, 1.54) is 12.8 Å². The van der Waals surface area contributed by atoms with Gasteiger partial charge in [0.2, 0.25) is 0 Å². The van der Waals surface area contributed by atoms with Crippen molar-refractivity contribution in [1.29, 1.82) is 0 Å². The van der Waals surface area contributed by atoms with Crippen molar-refractivity contribution in [3.8, 4) is 0 Å². The second-order valence-electron chi connectivity index (χ2n) is 7.96. The zero-order valence-electron chi connectivity index (χ0n) is 15.0. The number of hydrogen-bond donors (Lipinski definition) is 0. The largest absolute Gasteiger partial charge is 0.422 e. The Hall–Kier alpha value is -1.10. The van der Waals surface area contributed by atoms with E-state index in [2.05, 4.69) is 6.08 Å². The molecule has 2 fully saturated rings. The molecule has 1 aromatic rings. The number of allylic oxidation sites excluding steroid dienone is 1. The van der Waals surface area contributed by atoms with Crippen LogP contribution in [-0.2, 0) is 6.18 Å². The molecule has 0 aromatic heterocycles. The molecule has 2 saturated carbocycles. The molecule has 0 N–H and O–H groups in total. The van der Waals surface area contributed by atoms with Crippen LogP contribution in [0, 0.1) is 29.4 Å².